The highest BCUT2D eigenvalue weighted by atomic mass is 35.5. The van der Waals surface area contributed by atoms with Crippen molar-refractivity contribution in [2.24, 2.45) is 0 Å². The van der Waals surface area contributed by atoms with Crippen LogP contribution in [-0.4, -0.2) is 41.4 Å². The highest BCUT2D eigenvalue weighted by Gasteiger charge is 2.28. The van der Waals surface area contributed by atoms with Crippen molar-refractivity contribution in [3.63, 3.8) is 0 Å². The molecule has 0 amide bonds. The SMILES string of the molecule is CN(C)CCCN1c2ccccc2S(=O)c2cc(O)c(Cl)cc21. The summed E-state index contributed by atoms with van der Waals surface area (Å²) in [7, 11) is 2.77. The van der Waals surface area contributed by atoms with Crippen LogP contribution >= 0.6 is 11.6 Å². The zero-order chi connectivity index (χ0) is 16.6. The number of rotatable bonds is 4. The minimum Gasteiger partial charge on any atom is -0.506 e. The summed E-state index contributed by atoms with van der Waals surface area (Å²) < 4.78 is 12.8. The molecule has 1 aliphatic rings. The molecule has 1 N–H and O–H groups in total. The molecule has 4 nitrogen and oxygen atoms in total. The Morgan fingerprint density at radius 2 is 1.91 bits per heavy atom. The van der Waals surface area contributed by atoms with Crippen molar-refractivity contribution < 1.29 is 9.32 Å². The molecule has 1 heterocycles. The number of benzene rings is 2. The summed E-state index contributed by atoms with van der Waals surface area (Å²) in [6.07, 6.45) is 0.964. The maximum absolute atomic E-state index is 12.8. The number of fused-ring (bicyclic) bond motifs is 2. The molecule has 23 heavy (non-hydrogen) atoms. The van der Waals surface area contributed by atoms with Crippen LogP contribution in [0.1, 0.15) is 6.42 Å². The Morgan fingerprint density at radius 1 is 1.17 bits per heavy atom. The lowest BCUT2D eigenvalue weighted by Gasteiger charge is -2.33. The predicted octanol–water partition coefficient (Wildman–Crippen LogP) is 3.62. The van der Waals surface area contributed by atoms with E-state index in [9.17, 15) is 9.32 Å². The third kappa shape index (κ3) is 3.09. The summed E-state index contributed by atoms with van der Waals surface area (Å²) in [6.45, 7) is 1.75. The molecule has 3 rings (SSSR count). The van der Waals surface area contributed by atoms with Crippen LogP contribution in [0.15, 0.2) is 46.2 Å². The zero-order valence-electron chi connectivity index (χ0n) is 13.1. The van der Waals surface area contributed by atoms with Crippen LogP contribution in [-0.2, 0) is 10.8 Å². The van der Waals surface area contributed by atoms with E-state index >= 15 is 0 Å². The van der Waals surface area contributed by atoms with Gasteiger partial charge in [0.05, 0.1) is 37.0 Å². The summed E-state index contributed by atoms with van der Waals surface area (Å²) in [5, 5.41) is 10.2. The third-order valence-electron chi connectivity index (χ3n) is 3.86. The van der Waals surface area contributed by atoms with Gasteiger partial charge in [0.15, 0.2) is 0 Å². The van der Waals surface area contributed by atoms with Crippen LogP contribution in [0.3, 0.4) is 0 Å². The van der Waals surface area contributed by atoms with E-state index in [2.05, 4.69) is 9.80 Å². The van der Waals surface area contributed by atoms with E-state index in [4.69, 9.17) is 11.6 Å². The molecule has 1 atom stereocenters. The number of nitrogens with zero attached hydrogens (tertiary/aromatic N) is 2. The van der Waals surface area contributed by atoms with E-state index in [1.165, 1.54) is 6.07 Å². The fourth-order valence-electron chi connectivity index (χ4n) is 2.76. The Labute approximate surface area is 143 Å². The summed E-state index contributed by atoms with van der Waals surface area (Å²) in [4.78, 5) is 5.65. The standard InChI is InChI=1S/C17H19ClN2O2S/c1-19(2)8-5-9-20-13-6-3-4-7-16(13)23(22)17-11-15(21)12(18)10-14(17)20/h3-4,6-7,10-11,21H,5,8-9H2,1-2H3. The number of phenols is 1. The molecule has 0 saturated carbocycles. The Hall–Kier alpha value is -1.56. The fraction of sp³-hybridized carbons (Fsp3) is 0.294. The highest BCUT2D eigenvalue weighted by Crippen LogP contribution is 2.45. The van der Waals surface area contributed by atoms with Gasteiger partial charge in [0, 0.05) is 12.6 Å². The van der Waals surface area contributed by atoms with Gasteiger partial charge in [-0.25, -0.2) is 4.21 Å². The molecule has 0 bridgehead atoms. The molecule has 1 unspecified atom stereocenters. The molecule has 0 radical (unpaired) electrons. The first kappa shape index (κ1) is 16.3. The normalized spacial score (nSPS) is 16.3. The van der Waals surface area contributed by atoms with Crippen molar-refractivity contribution >= 4 is 33.8 Å². The lowest BCUT2D eigenvalue weighted by Crippen LogP contribution is -2.27. The highest BCUT2D eigenvalue weighted by molar-refractivity contribution is 7.85. The lowest BCUT2D eigenvalue weighted by molar-refractivity contribution is 0.402. The Balaban J connectivity index is 2.06. The van der Waals surface area contributed by atoms with Gasteiger partial charge in [-0.2, -0.15) is 0 Å². The minimum absolute atomic E-state index is 0.0358. The molecule has 2 aromatic rings. The molecule has 1 aliphatic heterocycles. The second kappa shape index (κ2) is 6.51. The maximum Gasteiger partial charge on any atom is 0.135 e. The number of para-hydroxylation sites is 1. The molecule has 6 heteroatoms. The first-order valence-electron chi connectivity index (χ1n) is 7.44. The number of phenolic OH excluding ortho intramolecular Hbond substituents is 1. The van der Waals surface area contributed by atoms with Crippen LogP contribution in [0.4, 0.5) is 11.4 Å². The first-order chi connectivity index (χ1) is 11.0. The molecule has 0 fully saturated rings. The van der Waals surface area contributed by atoms with Crippen LogP contribution in [0.2, 0.25) is 5.02 Å². The zero-order valence-corrected chi connectivity index (χ0v) is 14.7. The average molecular weight is 351 g/mol. The van der Waals surface area contributed by atoms with Gasteiger partial charge >= 0.3 is 0 Å². The smallest absolute Gasteiger partial charge is 0.135 e. The van der Waals surface area contributed by atoms with Gasteiger partial charge in [-0.1, -0.05) is 23.7 Å². The second-order valence-corrected chi connectivity index (χ2v) is 7.64. The second-order valence-electron chi connectivity index (χ2n) is 5.82. The van der Waals surface area contributed by atoms with Gasteiger partial charge in [-0.05, 0) is 45.3 Å². The Kier molecular flexibility index (Phi) is 4.62. The Morgan fingerprint density at radius 3 is 2.65 bits per heavy atom. The number of anilines is 2. The van der Waals surface area contributed by atoms with Crippen molar-refractivity contribution in [3.8, 4) is 5.75 Å². The monoisotopic (exact) mass is 350 g/mol. The van der Waals surface area contributed by atoms with Crippen molar-refractivity contribution in [2.75, 3.05) is 32.1 Å². The van der Waals surface area contributed by atoms with Crippen LogP contribution < -0.4 is 4.90 Å². The molecule has 0 aromatic heterocycles. The van der Waals surface area contributed by atoms with Gasteiger partial charge in [0.2, 0.25) is 0 Å². The average Bonchev–Trinajstić information content (AvgIpc) is 2.52. The van der Waals surface area contributed by atoms with Gasteiger partial charge in [0.1, 0.15) is 5.75 Å². The van der Waals surface area contributed by atoms with E-state index in [1.807, 2.05) is 38.4 Å². The van der Waals surface area contributed by atoms with Crippen molar-refractivity contribution in [2.45, 2.75) is 16.2 Å². The fourth-order valence-corrected chi connectivity index (χ4v) is 4.31. The molecule has 0 aliphatic carbocycles. The van der Waals surface area contributed by atoms with E-state index in [0.717, 1.165) is 35.8 Å². The molecular formula is C17H19ClN2O2S. The van der Waals surface area contributed by atoms with Crippen molar-refractivity contribution in [1.82, 2.24) is 4.90 Å². The lowest BCUT2D eigenvalue weighted by atomic mass is 10.2. The maximum atomic E-state index is 12.8. The third-order valence-corrected chi connectivity index (χ3v) is 5.64. The van der Waals surface area contributed by atoms with Crippen LogP contribution in [0.25, 0.3) is 0 Å². The van der Waals surface area contributed by atoms with E-state index in [-0.39, 0.29) is 10.8 Å². The van der Waals surface area contributed by atoms with E-state index in [0.29, 0.717) is 4.90 Å². The van der Waals surface area contributed by atoms with E-state index < -0.39 is 10.8 Å². The number of aromatic hydroxyl groups is 1. The molecule has 0 saturated heterocycles. The van der Waals surface area contributed by atoms with Crippen LogP contribution in [0.5, 0.6) is 5.75 Å². The summed E-state index contributed by atoms with van der Waals surface area (Å²) in [6, 6.07) is 10.9. The van der Waals surface area contributed by atoms with E-state index in [1.54, 1.807) is 6.07 Å². The van der Waals surface area contributed by atoms with Crippen molar-refractivity contribution in [1.29, 1.82) is 0 Å². The summed E-state index contributed by atoms with van der Waals surface area (Å²) >= 11 is 6.09. The van der Waals surface area contributed by atoms with Gasteiger partial charge in [-0.15, -0.1) is 0 Å². The first-order valence-corrected chi connectivity index (χ1v) is 8.97. The molecule has 2 aromatic carbocycles. The predicted molar refractivity (Wildman–Crippen MR) is 94.4 cm³/mol. The Bertz CT molecular complexity index is 764. The quantitative estimate of drug-likeness (QED) is 0.914. The number of hydrogen-bond donors (Lipinski definition) is 1. The summed E-state index contributed by atoms with van der Waals surface area (Å²) in [5.74, 6) is -0.0358. The summed E-state index contributed by atoms with van der Waals surface area (Å²) in [5.41, 5.74) is 1.75. The van der Waals surface area contributed by atoms with Crippen molar-refractivity contribution in [3.05, 3.63) is 41.4 Å². The minimum atomic E-state index is -1.31. The van der Waals surface area contributed by atoms with Gasteiger partial charge in [-0.3, -0.25) is 0 Å². The molecular weight excluding hydrogens is 332 g/mol. The van der Waals surface area contributed by atoms with Gasteiger partial charge < -0.3 is 14.9 Å². The number of hydrogen-bond acceptors (Lipinski definition) is 4. The van der Waals surface area contributed by atoms with Gasteiger partial charge in [0.25, 0.3) is 0 Å². The number of halogens is 1. The molecule has 0 spiro atoms. The topological polar surface area (TPSA) is 43.8 Å². The van der Waals surface area contributed by atoms with Crippen LogP contribution in [0, 0.1) is 0 Å². The largest absolute Gasteiger partial charge is 0.506 e. The molecule has 122 valence electrons.